The van der Waals surface area contributed by atoms with Crippen LogP contribution >= 0.6 is 0 Å². The lowest BCUT2D eigenvalue weighted by Crippen LogP contribution is -2.38. The van der Waals surface area contributed by atoms with E-state index in [1.165, 1.54) is 12.3 Å². The Hall–Kier alpha value is -1.62. The third kappa shape index (κ3) is 4.82. The number of carbonyl (C=O) groups excluding carboxylic acids is 1. The van der Waals surface area contributed by atoms with Crippen LogP contribution in [0.15, 0.2) is 18.5 Å². The highest BCUT2D eigenvalue weighted by Crippen LogP contribution is 2.12. The van der Waals surface area contributed by atoms with Crippen LogP contribution in [-0.2, 0) is 16.0 Å². The Labute approximate surface area is 101 Å². The third-order valence-corrected chi connectivity index (χ3v) is 1.95. The topological polar surface area (TPSA) is 85.4 Å². The maximum atomic E-state index is 11.6. The molecule has 0 aliphatic rings. The van der Waals surface area contributed by atoms with Gasteiger partial charge in [-0.25, -0.2) is 0 Å². The van der Waals surface area contributed by atoms with E-state index >= 15 is 0 Å². The lowest BCUT2D eigenvalue weighted by atomic mass is 10.1. The largest absolute Gasteiger partial charge is 0.506 e. The molecule has 0 radical (unpaired) electrons. The summed E-state index contributed by atoms with van der Waals surface area (Å²) in [7, 11) is 0. The number of aromatic nitrogens is 1. The summed E-state index contributed by atoms with van der Waals surface area (Å²) in [5.74, 6) is -0.403. The normalized spacial score (nSPS) is 13.2. The fourth-order valence-electron chi connectivity index (χ4n) is 1.30. The second kappa shape index (κ2) is 5.14. The second-order valence-corrected chi connectivity index (χ2v) is 4.90. The summed E-state index contributed by atoms with van der Waals surface area (Å²) in [6.45, 7) is 5.36. The van der Waals surface area contributed by atoms with Gasteiger partial charge in [0.15, 0.2) is 0 Å². The maximum Gasteiger partial charge on any atom is 0.323 e. The molecule has 0 spiro atoms. The van der Waals surface area contributed by atoms with Crippen LogP contribution in [0.4, 0.5) is 0 Å². The van der Waals surface area contributed by atoms with Crippen LogP contribution in [0.3, 0.4) is 0 Å². The van der Waals surface area contributed by atoms with E-state index in [-0.39, 0.29) is 12.2 Å². The van der Waals surface area contributed by atoms with Crippen molar-refractivity contribution in [1.82, 2.24) is 4.98 Å². The molecule has 0 saturated carbocycles. The van der Waals surface area contributed by atoms with E-state index in [9.17, 15) is 9.90 Å². The van der Waals surface area contributed by atoms with Crippen molar-refractivity contribution in [3.05, 3.63) is 24.0 Å². The van der Waals surface area contributed by atoms with Crippen LogP contribution in [-0.4, -0.2) is 27.7 Å². The Balaban J connectivity index is 2.60. The molecular weight excluding hydrogens is 220 g/mol. The van der Waals surface area contributed by atoms with Crippen molar-refractivity contribution in [2.75, 3.05) is 0 Å². The van der Waals surface area contributed by atoms with Crippen molar-refractivity contribution in [2.24, 2.45) is 5.73 Å². The van der Waals surface area contributed by atoms with Gasteiger partial charge in [0.25, 0.3) is 0 Å². The minimum absolute atomic E-state index is 0.0545. The number of nitrogens with two attached hydrogens (primary N) is 1. The monoisotopic (exact) mass is 238 g/mol. The van der Waals surface area contributed by atoms with Gasteiger partial charge in [-0.3, -0.25) is 9.78 Å². The molecule has 5 nitrogen and oxygen atoms in total. The summed E-state index contributed by atoms with van der Waals surface area (Å²) in [6.07, 6.45) is 3.17. The number of hydrogen-bond donors (Lipinski definition) is 2. The van der Waals surface area contributed by atoms with Crippen molar-refractivity contribution < 1.29 is 14.6 Å². The first kappa shape index (κ1) is 13.4. The zero-order valence-corrected chi connectivity index (χ0v) is 10.3. The molecule has 1 aromatic heterocycles. The number of esters is 1. The highest BCUT2D eigenvalue weighted by molar-refractivity contribution is 5.76. The minimum Gasteiger partial charge on any atom is -0.506 e. The average molecular weight is 238 g/mol. The van der Waals surface area contributed by atoms with Gasteiger partial charge in [0.1, 0.15) is 17.4 Å². The fourth-order valence-corrected chi connectivity index (χ4v) is 1.30. The predicted molar refractivity (Wildman–Crippen MR) is 63.4 cm³/mol. The molecule has 0 saturated heterocycles. The summed E-state index contributed by atoms with van der Waals surface area (Å²) in [5, 5.41) is 9.23. The summed E-state index contributed by atoms with van der Waals surface area (Å²) in [4.78, 5) is 15.4. The molecule has 94 valence electrons. The molecule has 0 amide bonds. The van der Waals surface area contributed by atoms with E-state index in [0.29, 0.717) is 5.56 Å². The van der Waals surface area contributed by atoms with Gasteiger partial charge in [-0.15, -0.1) is 0 Å². The molecule has 3 N–H and O–H groups in total. The van der Waals surface area contributed by atoms with E-state index in [2.05, 4.69) is 4.98 Å². The molecule has 0 bridgehead atoms. The Morgan fingerprint density at radius 1 is 1.53 bits per heavy atom. The first-order chi connectivity index (χ1) is 7.78. The molecular formula is C12H18N2O3. The third-order valence-electron chi connectivity index (χ3n) is 1.95. The molecule has 17 heavy (non-hydrogen) atoms. The molecule has 1 atom stereocenters. The fraction of sp³-hybridized carbons (Fsp3) is 0.500. The first-order valence-corrected chi connectivity index (χ1v) is 5.39. The Morgan fingerprint density at radius 2 is 2.18 bits per heavy atom. The Kier molecular flexibility index (Phi) is 4.07. The Morgan fingerprint density at radius 3 is 2.71 bits per heavy atom. The smallest absolute Gasteiger partial charge is 0.323 e. The summed E-state index contributed by atoms with van der Waals surface area (Å²) in [6, 6.07) is 0.773. The van der Waals surface area contributed by atoms with Gasteiger partial charge in [0.2, 0.25) is 0 Å². The van der Waals surface area contributed by atoms with Gasteiger partial charge >= 0.3 is 5.97 Å². The van der Waals surface area contributed by atoms with Crippen LogP contribution in [0.25, 0.3) is 0 Å². The quantitative estimate of drug-likeness (QED) is 0.767. The first-order valence-electron chi connectivity index (χ1n) is 5.39. The van der Waals surface area contributed by atoms with E-state index in [0.717, 1.165) is 0 Å². The van der Waals surface area contributed by atoms with Crippen LogP contribution in [0.5, 0.6) is 5.75 Å². The molecule has 0 aliphatic carbocycles. The molecule has 0 aliphatic heterocycles. The number of carbonyl (C=O) groups is 1. The van der Waals surface area contributed by atoms with Crippen LogP contribution in [0.2, 0.25) is 0 Å². The number of rotatable bonds is 3. The minimum atomic E-state index is -0.752. The summed E-state index contributed by atoms with van der Waals surface area (Å²) >= 11 is 0. The zero-order valence-electron chi connectivity index (χ0n) is 10.3. The molecule has 5 heteroatoms. The van der Waals surface area contributed by atoms with Gasteiger partial charge < -0.3 is 15.6 Å². The molecule has 1 rings (SSSR count). The maximum absolute atomic E-state index is 11.6. The molecule has 1 aromatic rings. The van der Waals surface area contributed by atoms with Gasteiger partial charge in [-0.1, -0.05) is 0 Å². The molecule has 0 aromatic carbocycles. The van der Waals surface area contributed by atoms with E-state index in [1.54, 1.807) is 27.0 Å². The van der Waals surface area contributed by atoms with Gasteiger partial charge in [-0.2, -0.15) is 0 Å². The lowest BCUT2D eigenvalue weighted by Gasteiger charge is -2.22. The standard InChI is InChI=1S/C12H18N2O3/c1-12(2,3)17-11(16)10(13)5-8-4-9(15)7-14-6-8/h4,6-7,10,15H,5,13H2,1-3H3. The number of aromatic hydroxyl groups is 1. The predicted octanol–water partition coefficient (Wildman–Crippen LogP) is 0.999. The van der Waals surface area contributed by atoms with Crippen molar-refractivity contribution in [2.45, 2.75) is 38.8 Å². The number of pyridine rings is 1. The van der Waals surface area contributed by atoms with Crippen molar-refractivity contribution in [3.8, 4) is 5.75 Å². The van der Waals surface area contributed by atoms with Gasteiger partial charge in [-0.05, 0) is 38.8 Å². The lowest BCUT2D eigenvalue weighted by molar-refractivity contribution is -0.156. The van der Waals surface area contributed by atoms with Crippen molar-refractivity contribution in [1.29, 1.82) is 0 Å². The molecule has 1 heterocycles. The number of nitrogens with zero attached hydrogens (tertiary/aromatic N) is 1. The van der Waals surface area contributed by atoms with Crippen LogP contribution < -0.4 is 5.73 Å². The highest BCUT2D eigenvalue weighted by atomic mass is 16.6. The van der Waals surface area contributed by atoms with E-state index < -0.39 is 17.6 Å². The average Bonchev–Trinajstić information content (AvgIpc) is 2.14. The SMILES string of the molecule is CC(C)(C)OC(=O)C(N)Cc1cncc(O)c1. The molecule has 1 unspecified atom stereocenters. The van der Waals surface area contributed by atoms with Gasteiger partial charge in [0, 0.05) is 6.20 Å². The number of ether oxygens (including phenoxy) is 1. The van der Waals surface area contributed by atoms with Crippen molar-refractivity contribution >= 4 is 5.97 Å². The highest BCUT2D eigenvalue weighted by Gasteiger charge is 2.22. The van der Waals surface area contributed by atoms with E-state index in [1.807, 2.05) is 0 Å². The summed E-state index contributed by atoms with van der Waals surface area (Å²) < 4.78 is 5.16. The second-order valence-electron chi connectivity index (χ2n) is 4.90. The van der Waals surface area contributed by atoms with Gasteiger partial charge in [0.05, 0.1) is 6.20 Å². The van der Waals surface area contributed by atoms with E-state index in [4.69, 9.17) is 10.5 Å². The summed E-state index contributed by atoms with van der Waals surface area (Å²) in [5.41, 5.74) is 5.87. The van der Waals surface area contributed by atoms with Crippen LogP contribution in [0.1, 0.15) is 26.3 Å². The number of hydrogen-bond acceptors (Lipinski definition) is 5. The van der Waals surface area contributed by atoms with Crippen molar-refractivity contribution in [3.63, 3.8) is 0 Å². The van der Waals surface area contributed by atoms with Crippen LogP contribution in [0, 0.1) is 0 Å². The molecule has 0 fully saturated rings. The Bertz CT molecular complexity index is 399. The zero-order chi connectivity index (χ0) is 13.1.